The minimum atomic E-state index is -0.686. The van der Waals surface area contributed by atoms with Crippen molar-refractivity contribution in [1.82, 2.24) is 4.57 Å². The fraction of sp³-hybridized carbons (Fsp3) is 0.667. The number of hydrogen-bond acceptors (Lipinski definition) is 1. The molecule has 0 spiro atoms. The zero-order chi connectivity index (χ0) is 11.8. The van der Waals surface area contributed by atoms with Gasteiger partial charge in [0.05, 0.1) is 13.1 Å². The molecule has 1 N–H and O–H groups in total. The van der Waals surface area contributed by atoms with Crippen LogP contribution in [0.4, 0.5) is 0 Å². The number of unbranched alkanes of at least 4 members (excludes halogenated alkanes) is 3. The minimum Gasteiger partial charge on any atom is -0.481 e. The number of rotatable bonds is 8. The van der Waals surface area contributed by atoms with Crippen LogP contribution in [0.2, 0.25) is 0 Å². The first-order chi connectivity index (χ1) is 7.72. The second-order valence-electron chi connectivity index (χ2n) is 4.04. The molecule has 0 amide bonds. The van der Waals surface area contributed by atoms with E-state index in [1.807, 2.05) is 0 Å². The number of hydrogen-bond donors (Lipinski definition) is 1. The van der Waals surface area contributed by atoms with Crippen LogP contribution in [0.3, 0.4) is 0 Å². The van der Waals surface area contributed by atoms with Gasteiger partial charge in [0.2, 0.25) is 6.33 Å². The van der Waals surface area contributed by atoms with Gasteiger partial charge in [-0.2, -0.15) is 0 Å². The molecule has 0 aliphatic carbocycles. The van der Waals surface area contributed by atoms with Gasteiger partial charge in [-0.1, -0.05) is 6.42 Å². The number of nitrogens with zero attached hydrogens (tertiary/aromatic N) is 2. The molecular weight excluding hydrogens is 204 g/mol. The van der Waals surface area contributed by atoms with Gasteiger partial charge < -0.3 is 5.11 Å². The third-order valence-electron chi connectivity index (χ3n) is 2.67. The Kier molecular flexibility index (Phi) is 5.61. The Morgan fingerprint density at radius 3 is 2.69 bits per heavy atom. The highest BCUT2D eigenvalue weighted by Gasteiger charge is 2.01. The predicted molar refractivity (Wildman–Crippen MR) is 61.0 cm³/mol. The van der Waals surface area contributed by atoms with E-state index in [-0.39, 0.29) is 0 Å². The van der Waals surface area contributed by atoms with Crippen LogP contribution in [0.1, 0.15) is 39.0 Å². The molecule has 0 aliphatic rings. The van der Waals surface area contributed by atoms with Crippen LogP contribution in [0.25, 0.3) is 0 Å². The minimum absolute atomic E-state index is 0.305. The fourth-order valence-electron chi connectivity index (χ4n) is 1.68. The Bertz CT molecular complexity index is 321. The van der Waals surface area contributed by atoms with Gasteiger partial charge in [0.15, 0.2) is 0 Å². The highest BCUT2D eigenvalue weighted by Crippen LogP contribution is 2.02. The van der Waals surface area contributed by atoms with E-state index >= 15 is 0 Å². The van der Waals surface area contributed by atoms with Gasteiger partial charge in [-0.15, -0.1) is 0 Å². The summed E-state index contributed by atoms with van der Waals surface area (Å²) in [4.78, 5) is 10.3. The van der Waals surface area contributed by atoms with Crippen molar-refractivity contribution in [2.24, 2.45) is 0 Å². The SMILES string of the molecule is CCn1cc[n+](CCCCCCC(=O)O)c1. The van der Waals surface area contributed by atoms with Crippen LogP contribution >= 0.6 is 0 Å². The van der Waals surface area contributed by atoms with E-state index in [1.54, 1.807) is 0 Å². The van der Waals surface area contributed by atoms with E-state index in [4.69, 9.17) is 5.11 Å². The second kappa shape index (κ2) is 7.04. The second-order valence-corrected chi connectivity index (χ2v) is 4.04. The van der Waals surface area contributed by atoms with Crippen LogP contribution in [0, 0.1) is 0 Å². The lowest BCUT2D eigenvalue weighted by Gasteiger charge is -1.97. The maximum Gasteiger partial charge on any atom is 0.303 e. The summed E-state index contributed by atoms with van der Waals surface area (Å²) in [7, 11) is 0. The van der Waals surface area contributed by atoms with Gasteiger partial charge >= 0.3 is 5.97 Å². The molecule has 1 heterocycles. The molecule has 1 rings (SSSR count). The standard InChI is InChI=1S/C12H20N2O2/c1-2-13-9-10-14(11-13)8-6-4-3-5-7-12(15)16/h9-11H,2-8H2,1H3/p+1. The summed E-state index contributed by atoms with van der Waals surface area (Å²) in [6.45, 7) is 4.15. The molecule has 1 aromatic heterocycles. The summed E-state index contributed by atoms with van der Waals surface area (Å²) in [5.41, 5.74) is 0. The maximum atomic E-state index is 10.3. The number of aliphatic carboxylic acids is 1. The molecule has 0 unspecified atom stereocenters. The number of carbonyl (C=O) groups is 1. The zero-order valence-corrected chi connectivity index (χ0v) is 9.93. The number of imidazole rings is 1. The van der Waals surface area contributed by atoms with Gasteiger partial charge in [-0.3, -0.25) is 4.79 Å². The highest BCUT2D eigenvalue weighted by molar-refractivity contribution is 5.66. The quantitative estimate of drug-likeness (QED) is 0.542. The van der Waals surface area contributed by atoms with Crippen LogP contribution in [-0.2, 0) is 17.9 Å². The van der Waals surface area contributed by atoms with E-state index in [1.165, 1.54) is 0 Å². The molecule has 4 heteroatoms. The van der Waals surface area contributed by atoms with Crippen molar-refractivity contribution >= 4 is 5.97 Å². The van der Waals surface area contributed by atoms with Crippen molar-refractivity contribution in [1.29, 1.82) is 0 Å². The van der Waals surface area contributed by atoms with Crippen LogP contribution in [0.5, 0.6) is 0 Å². The molecule has 0 radical (unpaired) electrons. The van der Waals surface area contributed by atoms with E-state index < -0.39 is 5.97 Å². The largest absolute Gasteiger partial charge is 0.481 e. The van der Waals surface area contributed by atoms with Crippen LogP contribution in [0.15, 0.2) is 18.7 Å². The molecule has 4 nitrogen and oxygen atoms in total. The molecule has 16 heavy (non-hydrogen) atoms. The van der Waals surface area contributed by atoms with Gasteiger partial charge in [0.25, 0.3) is 0 Å². The number of carboxylic acid groups (broad SMARTS) is 1. The Morgan fingerprint density at radius 2 is 2.06 bits per heavy atom. The van der Waals surface area contributed by atoms with Gasteiger partial charge in [-0.05, 0) is 26.2 Å². The van der Waals surface area contributed by atoms with Crippen molar-refractivity contribution in [2.75, 3.05) is 0 Å². The smallest absolute Gasteiger partial charge is 0.303 e. The van der Waals surface area contributed by atoms with Crippen molar-refractivity contribution in [2.45, 2.75) is 52.1 Å². The number of aromatic nitrogens is 2. The number of aryl methyl sites for hydroxylation is 2. The van der Waals surface area contributed by atoms with Crippen molar-refractivity contribution in [3.05, 3.63) is 18.7 Å². The first-order valence-electron chi connectivity index (χ1n) is 5.99. The van der Waals surface area contributed by atoms with Crippen molar-refractivity contribution < 1.29 is 14.5 Å². The Hall–Kier alpha value is -1.32. The van der Waals surface area contributed by atoms with Crippen LogP contribution < -0.4 is 4.57 Å². The van der Waals surface area contributed by atoms with Crippen molar-refractivity contribution in [3.63, 3.8) is 0 Å². The van der Waals surface area contributed by atoms with Gasteiger partial charge in [-0.25, -0.2) is 9.13 Å². The molecule has 0 fully saturated rings. The third kappa shape index (κ3) is 4.96. The Morgan fingerprint density at radius 1 is 1.31 bits per heavy atom. The zero-order valence-electron chi connectivity index (χ0n) is 9.93. The monoisotopic (exact) mass is 225 g/mol. The predicted octanol–water partition coefficient (Wildman–Crippen LogP) is 1.83. The molecule has 90 valence electrons. The maximum absolute atomic E-state index is 10.3. The molecule has 0 aromatic carbocycles. The average molecular weight is 225 g/mol. The molecule has 0 bridgehead atoms. The summed E-state index contributed by atoms with van der Waals surface area (Å²) in [5, 5.41) is 8.47. The Labute approximate surface area is 96.5 Å². The van der Waals surface area contributed by atoms with E-state index in [2.05, 4.69) is 34.8 Å². The summed E-state index contributed by atoms with van der Waals surface area (Å²) in [6, 6.07) is 0. The molecule has 0 atom stereocenters. The first-order valence-corrected chi connectivity index (χ1v) is 5.99. The van der Waals surface area contributed by atoms with E-state index in [9.17, 15) is 4.79 Å². The summed E-state index contributed by atoms with van der Waals surface area (Å²) in [5.74, 6) is -0.686. The molecule has 0 saturated carbocycles. The lowest BCUT2D eigenvalue weighted by atomic mass is 10.1. The van der Waals surface area contributed by atoms with Gasteiger partial charge in [0.1, 0.15) is 12.4 Å². The summed E-state index contributed by atoms with van der Waals surface area (Å²) in [6.07, 6.45) is 10.6. The normalized spacial score (nSPS) is 10.6. The van der Waals surface area contributed by atoms with E-state index in [0.29, 0.717) is 6.42 Å². The van der Waals surface area contributed by atoms with Crippen molar-refractivity contribution in [3.8, 4) is 0 Å². The molecule has 1 aromatic rings. The Balaban J connectivity index is 2.04. The topological polar surface area (TPSA) is 46.1 Å². The fourth-order valence-corrected chi connectivity index (χ4v) is 1.68. The third-order valence-corrected chi connectivity index (χ3v) is 2.67. The van der Waals surface area contributed by atoms with E-state index in [0.717, 1.165) is 38.8 Å². The summed E-state index contributed by atoms with van der Waals surface area (Å²) < 4.78 is 4.32. The molecular formula is C12H21N2O2+. The van der Waals surface area contributed by atoms with Gasteiger partial charge in [0, 0.05) is 6.42 Å². The lowest BCUT2D eigenvalue weighted by Crippen LogP contribution is -2.30. The van der Waals surface area contributed by atoms with Crippen LogP contribution in [-0.4, -0.2) is 15.6 Å². The summed E-state index contributed by atoms with van der Waals surface area (Å²) >= 11 is 0. The highest BCUT2D eigenvalue weighted by atomic mass is 16.4. The number of carboxylic acids is 1. The molecule has 0 aliphatic heterocycles. The molecule has 0 saturated heterocycles. The average Bonchev–Trinajstić information content (AvgIpc) is 2.70. The first kappa shape index (κ1) is 12.7. The lowest BCUT2D eigenvalue weighted by molar-refractivity contribution is -0.696.